The zero-order chi connectivity index (χ0) is 17.4. The number of rotatable bonds is 4. The second kappa shape index (κ2) is 6.33. The Kier molecular flexibility index (Phi) is 4.15. The molecule has 2 aromatic carbocycles. The molecule has 2 aromatic rings. The van der Waals surface area contributed by atoms with E-state index in [-0.39, 0.29) is 5.91 Å². The number of carbonyl (C=O) groups excluding carboxylic acids is 1. The van der Waals surface area contributed by atoms with Gasteiger partial charge < -0.3 is 4.90 Å². The van der Waals surface area contributed by atoms with E-state index in [2.05, 4.69) is 0 Å². The van der Waals surface area contributed by atoms with Gasteiger partial charge in [-0.3, -0.25) is 9.10 Å². The van der Waals surface area contributed by atoms with E-state index >= 15 is 0 Å². The smallest absolute Gasteiger partial charge is 0.265 e. The first-order chi connectivity index (χ1) is 12.1. The highest BCUT2D eigenvalue weighted by molar-refractivity contribution is 7.93. The summed E-state index contributed by atoms with van der Waals surface area (Å²) in [6, 6.07) is 11.0. The van der Waals surface area contributed by atoms with Crippen molar-refractivity contribution in [2.24, 2.45) is 0 Å². The standard InChI is InChI=1S/C19H22N2O3S/c22-18(20-12-2-1-3-13-20)11-6-14-21-16-9-4-7-15-8-5-10-17(19(15)16)25(21,23)24/h4-5,7-10H,1-3,6,11-14H2. The summed E-state index contributed by atoms with van der Waals surface area (Å²) < 4.78 is 27.2. The molecule has 6 heteroatoms. The lowest BCUT2D eigenvalue weighted by atomic mass is 10.1. The van der Waals surface area contributed by atoms with Crippen molar-refractivity contribution in [1.82, 2.24) is 4.90 Å². The molecule has 1 fully saturated rings. The number of piperidine rings is 1. The van der Waals surface area contributed by atoms with Crippen LogP contribution in [-0.2, 0) is 14.8 Å². The predicted octanol–water partition coefficient (Wildman–Crippen LogP) is 3.14. The summed E-state index contributed by atoms with van der Waals surface area (Å²) in [4.78, 5) is 14.6. The number of sulfonamides is 1. The molecular weight excluding hydrogens is 336 g/mol. The third-order valence-corrected chi connectivity index (χ3v) is 7.00. The maximum atomic E-state index is 12.9. The van der Waals surface area contributed by atoms with Crippen molar-refractivity contribution < 1.29 is 13.2 Å². The molecule has 25 heavy (non-hydrogen) atoms. The first kappa shape index (κ1) is 16.4. The van der Waals surface area contributed by atoms with Gasteiger partial charge in [-0.25, -0.2) is 8.42 Å². The average Bonchev–Trinajstić information content (AvgIpc) is 2.86. The van der Waals surface area contributed by atoms with Crippen molar-refractivity contribution in [3.8, 4) is 0 Å². The largest absolute Gasteiger partial charge is 0.343 e. The van der Waals surface area contributed by atoms with Gasteiger partial charge in [-0.1, -0.05) is 24.3 Å². The van der Waals surface area contributed by atoms with E-state index < -0.39 is 10.0 Å². The van der Waals surface area contributed by atoms with Gasteiger partial charge in [0.15, 0.2) is 0 Å². The van der Waals surface area contributed by atoms with Gasteiger partial charge in [-0.2, -0.15) is 0 Å². The van der Waals surface area contributed by atoms with Gasteiger partial charge in [-0.05, 0) is 43.2 Å². The first-order valence-electron chi connectivity index (χ1n) is 8.91. The van der Waals surface area contributed by atoms with Crippen LogP contribution in [0.1, 0.15) is 32.1 Å². The normalized spacial score (nSPS) is 18.7. The molecule has 2 aliphatic rings. The summed E-state index contributed by atoms with van der Waals surface area (Å²) in [6.07, 6.45) is 4.28. The van der Waals surface area contributed by atoms with Crippen LogP contribution in [0.15, 0.2) is 41.3 Å². The number of anilines is 1. The lowest BCUT2D eigenvalue weighted by molar-refractivity contribution is -0.132. The van der Waals surface area contributed by atoms with Crippen molar-refractivity contribution in [1.29, 1.82) is 0 Å². The van der Waals surface area contributed by atoms with Crippen LogP contribution in [0, 0.1) is 0 Å². The Morgan fingerprint density at radius 3 is 2.48 bits per heavy atom. The quantitative estimate of drug-likeness (QED) is 0.844. The maximum Gasteiger partial charge on any atom is 0.265 e. The Labute approximate surface area is 148 Å². The summed E-state index contributed by atoms with van der Waals surface area (Å²) in [7, 11) is -3.51. The molecule has 2 aliphatic heterocycles. The molecule has 0 radical (unpaired) electrons. The van der Waals surface area contributed by atoms with Gasteiger partial charge in [0.25, 0.3) is 10.0 Å². The van der Waals surface area contributed by atoms with Crippen LogP contribution in [-0.4, -0.2) is 38.9 Å². The lowest BCUT2D eigenvalue weighted by Crippen LogP contribution is -2.36. The fourth-order valence-electron chi connectivity index (χ4n) is 3.87. The fourth-order valence-corrected chi connectivity index (χ4v) is 5.62. The molecule has 0 aliphatic carbocycles. The Bertz CT molecular complexity index is 912. The van der Waals surface area contributed by atoms with Crippen molar-refractivity contribution >= 4 is 32.4 Å². The molecule has 0 spiro atoms. The van der Waals surface area contributed by atoms with Gasteiger partial charge in [0.2, 0.25) is 5.91 Å². The second-order valence-corrected chi connectivity index (χ2v) is 8.58. The van der Waals surface area contributed by atoms with E-state index in [0.717, 1.165) is 42.4 Å². The summed E-state index contributed by atoms with van der Waals surface area (Å²) >= 11 is 0. The minimum atomic E-state index is -3.51. The highest BCUT2D eigenvalue weighted by atomic mass is 32.2. The third kappa shape index (κ3) is 2.78. The van der Waals surface area contributed by atoms with Crippen LogP contribution in [0.3, 0.4) is 0 Å². The molecule has 1 amide bonds. The fraction of sp³-hybridized carbons (Fsp3) is 0.421. The van der Waals surface area contributed by atoms with Gasteiger partial charge in [0, 0.05) is 31.4 Å². The van der Waals surface area contributed by atoms with Crippen LogP contribution < -0.4 is 4.31 Å². The van der Waals surface area contributed by atoms with E-state index in [1.807, 2.05) is 29.2 Å². The van der Waals surface area contributed by atoms with Crippen LogP contribution in [0.4, 0.5) is 5.69 Å². The maximum absolute atomic E-state index is 12.9. The molecule has 0 aromatic heterocycles. The molecule has 5 nitrogen and oxygen atoms in total. The number of carbonyl (C=O) groups is 1. The van der Waals surface area contributed by atoms with Crippen molar-refractivity contribution in [3.05, 3.63) is 36.4 Å². The lowest BCUT2D eigenvalue weighted by Gasteiger charge is -2.27. The summed E-state index contributed by atoms with van der Waals surface area (Å²) in [5.41, 5.74) is 0.735. The third-order valence-electron chi connectivity index (χ3n) is 5.14. The second-order valence-electron chi connectivity index (χ2n) is 6.75. The number of hydrogen-bond donors (Lipinski definition) is 0. The topological polar surface area (TPSA) is 57.7 Å². The first-order valence-corrected chi connectivity index (χ1v) is 10.4. The number of likely N-dealkylation sites (tertiary alicyclic amines) is 1. The zero-order valence-corrected chi connectivity index (χ0v) is 15.0. The minimum Gasteiger partial charge on any atom is -0.343 e. The molecule has 2 heterocycles. The van der Waals surface area contributed by atoms with Crippen LogP contribution in [0.5, 0.6) is 0 Å². The monoisotopic (exact) mass is 358 g/mol. The summed E-state index contributed by atoms with van der Waals surface area (Å²) in [6.45, 7) is 2.02. The number of amides is 1. The van der Waals surface area contributed by atoms with Gasteiger partial charge in [0.1, 0.15) is 0 Å². The van der Waals surface area contributed by atoms with Crippen molar-refractivity contribution in [2.75, 3.05) is 23.9 Å². The average molecular weight is 358 g/mol. The van der Waals surface area contributed by atoms with Crippen molar-refractivity contribution in [2.45, 2.75) is 37.0 Å². The Morgan fingerprint density at radius 1 is 1.00 bits per heavy atom. The van der Waals surface area contributed by atoms with Crippen molar-refractivity contribution in [3.63, 3.8) is 0 Å². The zero-order valence-electron chi connectivity index (χ0n) is 14.1. The number of hydrogen-bond acceptors (Lipinski definition) is 3. The summed E-state index contributed by atoms with van der Waals surface area (Å²) in [5.74, 6) is 0.145. The molecule has 0 saturated carbocycles. The highest BCUT2D eigenvalue weighted by Crippen LogP contribution is 2.41. The SMILES string of the molecule is O=C(CCCN1c2cccc3cccc(c23)S1(=O)=O)N1CCCCC1. The molecule has 0 atom stereocenters. The molecule has 1 saturated heterocycles. The Balaban J connectivity index is 1.50. The number of benzene rings is 2. The van der Waals surface area contributed by atoms with Gasteiger partial charge >= 0.3 is 0 Å². The van der Waals surface area contributed by atoms with E-state index in [1.165, 1.54) is 10.7 Å². The molecule has 0 N–H and O–H groups in total. The highest BCUT2D eigenvalue weighted by Gasteiger charge is 2.35. The van der Waals surface area contributed by atoms with E-state index in [0.29, 0.717) is 24.3 Å². The van der Waals surface area contributed by atoms with Gasteiger partial charge in [-0.15, -0.1) is 0 Å². The molecule has 132 valence electrons. The predicted molar refractivity (Wildman–Crippen MR) is 98.1 cm³/mol. The Morgan fingerprint density at radius 2 is 1.72 bits per heavy atom. The van der Waals surface area contributed by atoms with Crippen LogP contribution in [0.2, 0.25) is 0 Å². The van der Waals surface area contributed by atoms with Crippen LogP contribution in [0.25, 0.3) is 10.8 Å². The van der Waals surface area contributed by atoms with E-state index in [1.54, 1.807) is 12.1 Å². The molecule has 4 rings (SSSR count). The van der Waals surface area contributed by atoms with E-state index in [4.69, 9.17) is 0 Å². The molecular formula is C19H22N2O3S. The van der Waals surface area contributed by atoms with Crippen LogP contribution >= 0.6 is 0 Å². The molecule has 0 unspecified atom stereocenters. The minimum absolute atomic E-state index is 0.145. The number of nitrogens with zero attached hydrogens (tertiary/aromatic N) is 2. The van der Waals surface area contributed by atoms with E-state index in [9.17, 15) is 13.2 Å². The Hall–Kier alpha value is -2.08. The van der Waals surface area contributed by atoms with Gasteiger partial charge in [0.05, 0.1) is 10.6 Å². The summed E-state index contributed by atoms with van der Waals surface area (Å²) in [5, 5.41) is 1.73. The molecule has 0 bridgehead atoms.